The molecule has 2 amide bonds. The third-order valence-electron chi connectivity index (χ3n) is 10.8. The summed E-state index contributed by atoms with van der Waals surface area (Å²) in [5, 5.41) is 16.1. The summed E-state index contributed by atoms with van der Waals surface area (Å²) in [7, 11) is 2.13. The Hall–Kier alpha value is -3.23. The number of nitrogens with one attached hydrogen (secondary N) is 2. The van der Waals surface area contributed by atoms with Crippen LogP contribution in [0.25, 0.3) is 0 Å². The Morgan fingerprint density at radius 3 is 2.09 bits per heavy atom. The number of benzene rings is 3. The van der Waals surface area contributed by atoms with Gasteiger partial charge in [-0.1, -0.05) is 73.7 Å². The zero-order valence-electron chi connectivity index (χ0n) is 26.5. The lowest BCUT2D eigenvalue weighted by Gasteiger charge is -2.56. The van der Waals surface area contributed by atoms with E-state index < -0.39 is 6.29 Å². The molecule has 8 rings (SSSR count). The molecule has 0 radical (unpaired) electrons. The fraction of sp³-hybridized carbons (Fsp3) is 0.500. The van der Waals surface area contributed by atoms with Crippen LogP contribution in [0.1, 0.15) is 80.1 Å². The molecule has 1 aliphatic heterocycles. The molecule has 238 valence electrons. The topological polar surface area (TPSA) is 83.1 Å². The number of carbonyl (C=O) groups is 1. The second-order valence-electron chi connectivity index (χ2n) is 14.4. The lowest BCUT2D eigenvalue weighted by molar-refractivity contribution is -0.276. The molecule has 4 saturated carbocycles. The van der Waals surface area contributed by atoms with Crippen molar-refractivity contribution in [1.29, 1.82) is 0 Å². The predicted octanol–water partition coefficient (Wildman–Crippen LogP) is 7.19. The molecule has 3 aromatic carbocycles. The minimum atomic E-state index is -0.547. The molecule has 3 N–H and O–H groups in total. The average Bonchev–Trinajstić information content (AvgIpc) is 3.02. The van der Waals surface area contributed by atoms with Gasteiger partial charge in [0.15, 0.2) is 6.29 Å². The molecule has 0 spiro atoms. The van der Waals surface area contributed by atoms with Crippen LogP contribution in [0.4, 0.5) is 10.5 Å². The molecule has 1 heterocycles. The molecule has 5 aliphatic rings. The van der Waals surface area contributed by atoms with Crippen LogP contribution >= 0.6 is 0 Å². The van der Waals surface area contributed by atoms with Crippen LogP contribution in [0.5, 0.6) is 0 Å². The number of anilines is 1. The Labute approximate surface area is 267 Å². The fourth-order valence-corrected chi connectivity index (χ4v) is 8.99. The van der Waals surface area contributed by atoms with Gasteiger partial charge in [-0.2, -0.15) is 0 Å². The molecular formula is C38H47N3O4. The van der Waals surface area contributed by atoms with E-state index in [0.717, 1.165) is 72.5 Å². The smallest absolute Gasteiger partial charge is 0.319 e. The van der Waals surface area contributed by atoms with Crippen molar-refractivity contribution in [3.05, 3.63) is 101 Å². The number of aliphatic hydroxyl groups is 1. The van der Waals surface area contributed by atoms with E-state index in [4.69, 9.17) is 9.47 Å². The van der Waals surface area contributed by atoms with E-state index in [0.29, 0.717) is 0 Å². The Morgan fingerprint density at radius 2 is 1.47 bits per heavy atom. The number of urea groups is 1. The van der Waals surface area contributed by atoms with E-state index in [9.17, 15) is 9.90 Å². The summed E-state index contributed by atoms with van der Waals surface area (Å²) in [6.07, 6.45) is 6.67. The van der Waals surface area contributed by atoms with Crippen molar-refractivity contribution < 1.29 is 19.4 Å². The molecule has 4 bridgehead atoms. The van der Waals surface area contributed by atoms with Gasteiger partial charge >= 0.3 is 6.03 Å². The van der Waals surface area contributed by atoms with Gasteiger partial charge < -0.3 is 25.2 Å². The summed E-state index contributed by atoms with van der Waals surface area (Å²) in [4.78, 5) is 15.5. The molecule has 7 heteroatoms. The minimum Gasteiger partial charge on any atom is -0.392 e. The van der Waals surface area contributed by atoms with E-state index in [2.05, 4.69) is 65.9 Å². The number of ether oxygens (including phenoxy) is 2. The number of aliphatic hydroxyl groups excluding tert-OH is 1. The maximum absolute atomic E-state index is 13.2. The highest BCUT2D eigenvalue weighted by Gasteiger charge is 2.51. The quantitative estimate of drug-likeness (QED) is 0.239. The maximum atomic E-state index is 13.2. The van der Waals surface area contributed by atoms with Crippen molar-refractivity contribution in [3.8, 4) is 0 Å². The molecule has 4 unspecified atom stereocenters. The van der Waals surface area contributed by atoms with Gasteiger partial charge in [0.1, 0.15) is 0 Å². The normalized spacial score (nSPS) is 32.0. The lowest BCUT2D eigenvalue weighted by atomic mass is 9.53. The number of amides is 2. The lowest BCUT2D eigenvalue weighted by Crippen LogP contribution is -2.60. The minimum absolute atomic E-state index is 0.0148. The first-order chi connectivity index (χ1) is 21.8. The first kappa shape index (κ1) is 30.4. The van der Waals surface area contributed by atoms with Gasteiger partial charge in [0.25, 0.3) is 0 Å². The van der Waals surface area contributed by atoms with Gasteiger partial charge in [-0.25, -0.2) is 4.79 Å². The third kappa shape index (κ3) is 6.82. The highest BCUT2D eigenvalue weighted by atomic mass is 16.7. The molecule has 4 atom stereocenters. The number of hydrogen-bond donors (Lipinski definition) is 3. The number of hydrogen-bond acceptors (Lipinski definition) is 5. The Bertz CT molecular complexity index is 1410. The summed E-state index contributed by atoms with van der Waals surface area (Å²) >= 11 is 0. The summed E-state index contributed by atoms with van der Waals surface area (Å²) in [5.74, 6) is 2.46. The zero-order chi connectivity index (χ0) is 31.0. The molecule has 4 aliphatic carbocycles. The van der Waals surface area contributed by atoms with E-state index in [1.807, 2.05) is 42.5 Å². The van der Waals surface area contributed by atoms with E-state index in [-0.39, 0.29) is 36.3 Å². The molecule has 5 fully saturated rings. The summed E-state index contributed by atoms with van der Waals surface area (Å²) in [6.45, 7) is 3.80. The first-order valence-electron chi connectivity index (χ1n) is 16.8. The van der Waals surface area contributed by atoms with Crippen molar-refractivity contribution in [2.75, 3.05) is 18.9 Å². The highest BCUT2D eigenvalue weighted by molar-refractivity contribution is 5.89. The monoisotopic (exact) mass is 609 g/mol. The van der Waals surface area contributed by atoms with Crippen LogP contribution in [-0.4, -0.2) is 41.3 Å². The molecular weight excluding hydrogens is 562 g/mol. The second-order valence-corrected chi connectivity index (χ2v) is 14.4. The largest absolute Gasteiger partial charge is 0.392 e. The van der Waals surface area contributed by atoms with Crippen molar-refractivity contribution in [1.82, 2.24) is 10.2 Å². The summed E-state index contributed by atoms with van der Waals surface area (Å²) in [6, 6.07) is 26.3. The van der Waals surface area contributed by atoms with E-state index >= 15 is 0 Å². The Kier molecular flexibility index (Phi) is 8.71. The predicted molar refractivity (Wildman–Crippen MR) is 175 cm³/mol. The van der Waals surface area contributed by atoms with Gasteiger partial charge in [0.2, 0.25) is 0 Å². The van der Waals surface area contributed by atoms with Crippen LogP contribution in [0.2, 0.25) is 0 Å². The van der Waals surface area contributed by atoms with Gasteiger partial charge in [0.05, 0.1) is 18.8 Å². The van der Waals surface area contributed by atoms with Crippen molar-refractivity contribution >= 4 is 11.7 Å². The van der Waals surface area contributed by atoms with Crippen molar-refractivity contribution in [3.63, 3.8) is 0 Å². The molecule has 0 aromatic heterocycles. The molecule has 45 heavy (non-hydrogen) atoms. The standard InChI is InChI=1S/C38H47N3O4/c1-25-34(23-41(2)22-26-6-4-3-5-7-26)44-36(45-35(25)31-10-8-27(24-42)9-11-31)32-12-14-33(15-13-32)39-37(43)40-38-19-28-16-29(20-38)18-30(17-28)21-38/h3-15,25,28-30,34-36,42H,16-24H2,1-2H3,(H2,39,40,43). The van der Waals surface area contributed by atoms with Crippen molar-refractivity contribution in [2.45, 2.75) is 82.6 Å². The Balaban J connectivity index is 1.04. The van der Waals surface area contributed by atoms with Crippen molar-refractivity contribution in [2.24, 2.45) is 23.7 Å². The highest BCUT2D eigenvalue weighted by Crippen LogP contribution is 2.55. The van der Waals surface area contributed by atoms with Crippen LogP contribution in [0, 0.1) is 23.7 Å². The Morgan fingerprint density at radius 1 is 0.844 bits per heavy atom. The molecule has 3 aromatic rings. The molecule has 7 nitrogen and oxygen atoms in total. The number of carbonyl (C=O) groups excluding carboxylic acids is 1. The molecule has 1 saturated heterocycles. The van der Waals surface area contributed by atoms with Gasteiger partial charge in [-0.05, 0) is 92.1 Å². The van der Waals surface area contributed by atoms with Crippen LogP contribution in [-0.2, 0) is 22.6 Å². The van der Waals surface area contributed by atoms with E-state index in [1.165, 1.54) is 24.8 Å². The van der Waals surface area contributed by atoms with E-state index in [1.54, 1.807) is 0 Å². The van der Waals surface area contributed by atoms with Crippen LogP contribution in [0.15, 0.2) is 78.9 Å². The number of rotatable bonds is 9. The van der Waals surface area contributed by atoms with Gasteiger partial charge in [-0.15, -0.1) is 0 Å². The van der Waals surface area contributed by atoms with Crippen LogP contribution in [0.3, 0.4) is 0 Å². The summed E-state index contributed by atoms with van der Waals surface area (Å²) < 4.78 is 13.3. The number of nitrogens with zero attached hydrogens (tertiary/aromatic N) is 1. The second kappa shape index (κ2) is 12.9. The fourth-order valence-electron chi connectivity index (χ4n) is 8.99. The number of likely N-dealkylation sites (N-methyl/N-ethyl adjacent to an activating group) is 1. The first-order valence-corrected chi connectivity index (χ1v) is 16.8. The van der Waals surface area contributed by atoms with Gasteiger partial charge in [0, 0.05) is 35.8 Å². The zero-order valence-corrected chi connectivity index (χ0v) is 26.5. The third-order valence-corrected chi connectivity index (χ3v) is 10.8. The summed E-state index contributed by atoms with van der Waals surface area (Å²) in [5.41, 5.74) is 4.88. The SMILES string of the molecule is CC1C(CN(C)Cc2ccccc2)OC(c2ccc(NC(=O)NC34CC5CC(CC(C5)C3)C4)cc2)OC1c1ccc(CO)cc1. The van der Waals surface area contributed by atoms with Crippen LogP contribution < -0.4 is 10.6 Å². The maximum Gasteiger partial charge on any atom is 0.319 e. The van der Waals surface area contributed by atoms with Gasteiger partial charge in [-0.3, -0.25) is 4.90 Å². The average molecular weight is 610 g/mol.